The number of halogens is 2. The van der Waals surface area contributed by atoms with Gasteiger partial charge in [-0.1, -0.05) is 34.1 Å². The summed E-state index contributed by atoms with van der Waals surface area (Å²) >= 11 is 3.41. The van der Waals surface area contributed by atoms with Gasteiger partial charge in [0.1, 0.15) is 6.61 Å². The maximum Gasteiger partial charge on any atom is 0.165 e. The quantitative estimate of drug-likeness (QED) is 0.833. The van der Waals surface area contributed by atoms with E-state index < -0.39 is 0 Å². The number of hydrogen-bond donors (Lipinski definition) is 1. The van der Waals surface area contributed by atoms with E-state index in [-0.39, 0.29) is 5.82 Å². The van der Waals surface area contributed by atoms with Crippen LogP contribution in [0, 0.1) is 5.82 Å². The average Bonchev–Trinajstić information content (AvgIpc) is 3.28. The fraction of sp³-hybridized carbons (Fsp3) is 0.294. The summed E-state index contributed by atoms with van der Waals surface area (Å²) in [5.74, 6) is -0.00904. The monoisotopic (exact) mass is 349 g/mol. The Kier molecular flexibility index (Phi) is 4.56. The Morgan fingerprint density at radius 2 is 2.00 bits per heavy atom. The molecular weight excluding hydrogens is 333 g/mol. The Balaban J connectivity index is 1.59. The molecule has 0 bridgehead atoms. The third-order valence-corrected chi connectivity index (χ3v) is 3.95. The topological polar surface area (TPSA) is 21.3 Å². The van der Waals surface area contributed by atoms with Gasteiger partial charge >= 0.3 is 0 Å². The summed E-state index contributed by atoms with van der Waals surface area (Å²) in [6.07, 6.45) is 2.46. The fourth-order valence-electron chi connectivity index (χ4n) is 2.11. The van der Waals surface area contributed by atoms with E-state index in [1.807, 2.05) is 30.3 Å². The van der Waals surface area contributed by atoms with E-state index in [0.717, 1.165) is 15.6 Å². The minimum absolute atomic E-state index is 0.296. The second-order valence-electron chi connectivity index (χ2n) is 5.34. The summed E-state index contributed by atoms with van der Waals surface area (Å²) in [5.41, 5.74) is 1.96. The van der Waals surface area contributed by atoms with Crippen molar-refractivity contribution in [1.29, 1.82) is 0 Å². The lowest BCUT2D eigenvalue weighted by Gasteiger charge is -2.09. The lowest BCUT2D eigenvalue weighted by atomic mass is 10.2. The lowest BCUT2D eigenvalue weighted by Crippen LogP contribution is -2.15. The molecule has 0 atom stereocenters. The van der Waals surface area contributed by atoms with Crippen molar-refractivity contribution < 1.29 is 9.13 Å². The summed E-state index contributed by atoms with van der Waals surface area (Å²) in [6.45, 7) is 1.07. The molecule has 0 radical (unpaired) electrons. The van der Waals surface area contributed by atoms with E-state index in [9.17, 15) is 4.39 Å². The van der Waals surface area contributed by atoms with Gasteiger partial charge in [0.15, 0.2) is 11.6 Å². The molecule has 0 heterocycles. The number of ether oxygens (including phenoxy) is 1. The van der Waals surface area contributed by atoms with Crippen LogP contribution in [0.4, 0.5) is 4.39 Å². The van der Waals surface area contributed by atoms with Crippen molar-refractivity contribution in [2.75, 3.05) is 0 Å². The van der Waals surface area contributed by atoms with E-state index in [2.05, 4.69) is 21.2 Å². The summed E-state index contributed by atoms with van der Waals surface area (Å²) in [4.78, 5) is 0. The van der Waals surface area contributed by atoms with Gasteiger partial charge in [0.05, 0.1) is 0 Å². The highest BCUT2D eigenvalue weighted by atomic mass is 79.9. The zero-order valence-corrected chi connectivity index (χ0v) is 13.2. The first-order chi connectivity index (χ1) is 10.2. The van der Waals surface area contributed by atoms with Crippen molar-refractivity contribution in [3.63, 3.8) is 0 Å². The van der Waals surface area contributed by atoms with Gasteiger partial charge in [-0.25, -0.2) is 4.39 Å². The standard InChI is InChI=1S/C17H17BrFNO/c18-14-3-1-2-13(8-14)11-21-17-7-4-12(9-16(17)19)10-20-15-5-6-15/h1-4,7-9,15,20H,5-6,10-11H2. The minimum atomic E-state index is -0.305. The first-order valence-electron chi connectivity index (χ1n) is 7.10. The van der Waals surface area contributed by atoms with Crippen LogP contribution in [-0.2, 0) is 13.2 Å². The Bertz CT molecular complexity index is 628. The molecule has 0 spiro atoms. The van der Waals surface area contributed by atoms with Gasteiger partial charge in [-0.15, -0.1) is 0 Å². The van der Waals surface area contributed by atoms with Gasteiger partial charge in [0, 0.05) is 17.1 Å². The highest BCUT2D eigenvalue weighted by Gasteiger charge is 2.20. The maximum atomic E-state index is 14.0. The number of rotatable bonds is 6. The van der Waals surface area contributed by atoms with Crippen LogP contribution in [0.25, 0.3) is 0 Å². The summed E-state index contributed by atoms with van der Waals surface area (Å²) in [6, 6.07) is 13.6. The molecule has 21 heavy (non-hydrogen) atoms. The zero-order valence-electron chi connectivity index (χ0n) is 11.6. The molecule has 1 N–H and O–H groups in total. The van der Waals surface area contributed by atoms with E-state index >= 15 is 0 Å². The second-order valence-corrected chi connectivity index (χ2v) is 6.25. The Labute approximate surface area is 132 Å². The Morgan fingerprint density at radius 1 is 1.14 bits per heavy atom. The van der Waals surface area contributed by atoms with Crippen molar-refractivity contribution in [3.05, 3.63) is 63.9 Å². The Morgan fingerprint density at radius 3 is 2.71 bits per heavy atom. The first kappa shape index (κ1) is 14.5. The van der Waals surface area contributed by atoms with Crippen LogP contribution < -0.4 is 10.1 Å². The van der Waals surface area contributed by atoms with Crippen molar-refractivity contribution >= 4 is 15.9 Å². The molecule has 2 aromatic rings. The van der Waals surface area contributed by atoms with E-state index in [1.54, 1.807) is 12.1 Å². The molecule has 0 unspecified atom stereocenters. The van der Waals surface area contributed by atoms with Gasteiger partial charge in [0.2, 0.25) is 0 Å². The second kappa shape index (κ2) is 6.58. The molecule has 1 aliphatic carbocycles. The maximum absolute atomic E-state index is 14.0. The van der Waals surface area contributed by atoms with Crippen LogP contribution in [0.3, 0.4) is 0 Å². The average molecular weight is 350 g/mol. The summed E-state index contributed by atoms with van der Waals surface area (Å²) < 4.78 is 20.6. The van der Waals surface area contributed by atoms with E-state index in [0.29, 0.717) is 24.9 Å². The smallest absolute Gasteiger partial charge is 0.165 e. The molecule has 0 amide bonds. The molecule has 110 valence electrons. The van der Waals surface area contributed by atoms with Gasteiger partial charge in [-0.3, -0.25) is 0 Å². The van der Waals surface area contributed by atoms with Crippen molar-refractivity contribution in [1.82, 2.24) is 5.32 Å². The highest BCUT2D eigenvalue weighted by Crippen LogP contribution is 2.22. The van der Waals surface area contributed by atoms with Crippen molar-refractivity contribution in [3.8, 4) is 5.75 Å². The van der Waals surface area contributed by atoms with Crippen molar-refractivity contribution in [2.45, 2.75) is 32.0 Å². The van der Waals surface area contributed by atoms with Gasteiger partial charge in [-0.2, -0.15) is 0 Å². The van der Waals surface area contributed by atoms with Crippen LogP contribution >= 0.6 is 15.9 Å². The predicted molar refractivity (Wildman–Crippen MR) is 84.7 cm³/mol. The van der Waals surface area contributed by atoms with E-state index in [1.165, 1.54) is 12.8 Å². The van der Waals surface area contributed by atoms with Gasteiger partial charge in [-0.05, 0) is 48.2 Å². The first-order valence-corrected chi connectivity index (χ1v) is 7.89. The number of nitrogens with one attached hydrogen (secondary N) is 1. The molecule has 0 aromatic heterocycles. The normalized spacial score (nSPS) is 14.2. The lowest BCUT2D eigenvalue weighted by molar-refractivity contribution is 0.290. The summed E-state index contributed by atoms with van der Waals surface area (Å²) in [7, 11) is 0. The fourth-order valence-corrected chi connectivity index (χ4v) is 2.56. The molecule has 4 heteroatoms. The molecule has 0 aliphatic heterocycles. The zero-order chi connectivity index (χ0) is 14.7. The minimum Gasteiger partial charge on any atom is -0.486 e. The predicted octanol–water partition coefficient (Wildman–Crippen LogP) is 4.42. The van der Waals surface area contributed by atoms with Gasteiger partial charge < -0.3 is 10.1 Å². The van der Waals surface area contributed by atoms with E-state index in [4.69, 9.17) is 4.74 Å². The largest absolute Gasteiger partial charge is 0.486 e. The van der Waals surface area contributed by atoms with Crippen LogP contribution in [0.1, 0.15) is 24.0 Å². The van der Waals surface area contributed by atoms with Crippen LogP contribution in [-0.4, -0.2) is 6.04 Å². The molecule has 1 fully saturated rings. The van der Waals surface area contributed by atoms with Crippen LogP contribution in [0.2, 0.25) is 0 Å². The third kappa shape index (κ3) is 4.29. The number of hydrogen-bond acceptors (Lipinski definition) is 2. The molecule has 1 saturated carbocycles. The van der Waals surface area contributed by atoms with Crippen molar-refractivity contribution in [2.24, 2.45) is 0 Å². The highest BCUT2D eigenvalue weighted by molar-refractivity contribution is 9.10. The molecule has 1 aliphatic rings. The van der Waals surface area contributed by atoms with Gasteiger partial charge in [0.25, 0.3) is 0 Å². The third-order valence-electron chi connectivity index (χ3n) is 3.45. The Hall–Kier alpha value is -1.39. The molecule has 0 saturated heterocycles. The van der Waals surface area contributed by atoms with Crippen LogP contribution in [0.15, 0.2) is 46.9 Å². The molecule has 3 rings (SSSR count). The summed E-state index contributed by atoms with van der Waals surface area (Å²) in [5, 5.41) is 3.37. The van der Waals surface area contributed by atoms with Crippen LogP contribution in [0.5, 0.6) is 5.75 Å². The number of benzene rings is 2. The molecular formula is C17H17BrFNO. The molecule has 2 aromatic carbocycles. The molecule has 2 nitrogen and oxygen atoms in total. The SMILES string of the molecule is Fc1cc(CNC2CC2)ccc1OCc1cccc(Br)c1.